The van der Waals surface area contributed by atoms with Gasteiger partial charge in [0.1, 0.15) is 0 Å². The van der Waals surface area contributed by atoms with E-state index < -0.39 is 0 Å². The predicted molar refractivity (Wildman–Crippen MR) is 78.8 cm³/mol. The van der Waals surface area contributed by atoms with Gasteiger partial charge in [-0.1, -0.05) is 6.92 Å². The van der Waals surface area contributed by atoms with Gasteiger partial charge in [-0.2, -0.15) is 0 Å². The Labute approximate surface area is 122 Å². The molecule has 2 saturated heterocycles. The van der Waals surface area contributed by atoms with Crippen molar-refractivity contribution in [1.82, 2.24) is 15.1 Å². The molecule has 2 heterocycles. The van der Waals surface area contributed by atoms with Crippen LogP contribution < -0.4 is 5.32 Å². The van der Waals surface area contributed by atoms with Gasteiger partial charge in [0.25, 0.3) is 0 Å². The lowest BCUT2D eigenvalue weighted by atomic mass is 9.84. The van der Waals surface area contributed by atoms with E-state index >= 15 is 0 Å². The number of rotatable bonds is 3. The van der Waals surface area contributed by atoms with E-state index in [2.05, 4.69) is 29.1 Å². The molecule has 1 N–H and O–H groups in total. The van der Waals surface area contributed by atoms with Gasteiger partial charge in [-0.3, -0.25) is 4.90 Å². The minimum atomic E-state index is -0.278. The summed E-state index contributed by atoms with van der Waals surface area (Å²) in [6.07, 6.45) is 3.20. The molecule has 5 heteroatoms. The molecule has 116 valence electrons. The van der Waals surface area contributed by atoms with Gasteiger partial charge in [-0.25, -0.2) is 0 Å². The van der Waals surface area contributed by atoms with E-state index in [-0.39, 0.29) is 5.79 Å². The lowest BCUT2D eigenvalue weighted by Crippen LogP contribution is -2.60. The van der Waals surface area contributed by atoms with E-state index in [1.165, 1.54) is 32.7 Å². The Morgan fingerprint density at radius 3 is 2.45 bits per heavy atom. The van der Waals surface area contributed by atoms with Gasteiger partial charge >= 0.3 is 0 Å². The van der Waals surface area contributed by atoms with Crippen molar-refractivity contribution in [1.29, 1.82) is 0 Å². The first-order valence-corrected chi connectivity index (χ1v) is 8.18. The molecule has 0 bridgehead atoms. The summed E-state index contributed by atoms with van der Waals surface area (Å²) in [6.45, 7) is 9.68. The second-order valence-corrected chi connectivity index (χ2v) is 6.28. The van der Waals surface area contributed by atoms with E-state index in [0.717, 1.165) is 32.5 Å². The summed E-state index contributed by atoms with van der Waals surface area (Å²) in [5, 5.41) is 3.52. The van der Waals surface area contributed by atoms with Crippen molar-refractivity contribution in [3.05, 3.63) is 0 Å². The van der Waals surface area contributed by atoms with Gasteiger partial charge in [0.05, 0.1) is 13.2 Å². The van der Waals surface area contributed by atoms with Crippen LogP contribution in [-0.4, -0.2) is 80.7 Å². The average Bonchev–Trinajstić information content (AvgIpc) is 2.95. The Morgan fingerprint density at radius 2 is 1.85 bits per heavy atom. The predicted octanol–water partition coefficient (Wildman–Crippen LogP) is 0.508. The average molecular weight is 283 g/mol. The van der Waals surface area contributed by atoms with Crippen LogP contribution in [0.4, 0.5) is 0 Å². The molecule has 0 radical (unpaired) electrons. The largest absolute Gasteiger partial charge is 0.347 e. The SMILES string of the molecule is CCN1CCN(C2CC3(CCC2NC)OCCO3)CC1. The number of hydrogen-bond donors (Lipinski definition) is 1. The Balaban J connectivity index is 1.65. The van der Waals surface area contributed by atoms with Crippen LogP contribution >= 0.6 is 0 Å². The molecule has 1 spiro atoms. The van der Waals surface area contributed by atoms with E-state index in [0.29, 0.717) is 12.1 Å². The van der Waals surface area contributed by atoms with Gasteiger partial charge in [0.2, 0.25) is 0 Å². The third kappa shape index (κ3) is 2.88. The molecule has 1 aliphatic carbocycles. The zero-order valence-electron chi connectivity index (χ0n) is 12.9. The maximum atomic E-state index is 5.95. The molecule has 0 aromatic carbocycles. The molecule has 0 aromatic rings. The number of ether oxygens (including phenoxy) is 2. The standard InChI is InChI=1S/C15H29N3O2/c1-3-17-6-8-18(9-7-17)14-12-15(19-10-11-20-15)5-4-13(14)16-2/h13-14,16H,3-12H2,1-2H3. The third-order valence-electron chi connectivity index (χ3n) is 5.33. The number of nitrogens with zero attached hydrogens (tertiary/aromatic N) is 2. The normalized spacial score (nSPS) is 35.7. The maximum absolute atomic E-state index is 5.95. The van der Waals surface area contributed by atoms with E-state index in [4.69, 9.17) is 9.47 Å². The highest BCUT2D eigenvalue weighted by molar-refractivity contribution is 4.97. The molecular weight excluding hydrogens is 254 g/mol. The molecular formula is C15H29N3O2. The van der Waals surface area contributed by atoms with Crippen LogP contribution in [0.3, 0.4) is 0 Å². The summed E-state index contributed by atoms with van der Waals surface area (Å²) in [6, 6.07) is 1.12. The van der Waals surface area contributed by atoms with Gasteiger partial charge in [0, 0.05) is 51.1 Å². The Kier molecular flexibility index (Phi) is 4.62. The highest BCUT2D eigenvalue weighted by Crippen LogP contribution is 2.38. The van der Waals surface area contributed by atoms with Crippen molar-refractivity contribution in [2.24, 2.45) is 0 Å². The summed E-state index contributed by atoms with van der Waals surface area (Å²) in [7, 11) is 2.09. The third-order valence-corrected chi connectivity index (χ3v) is 5.33. The van der Waals surface area contributed by atoms with Crippen molar-refractivity contribution in [3.8, 4) is 0 Å². The summed E-state index contributed by atoms with van der Waals surface area (Å²) in [4.78, 5) is 5.19. The molecule has 1 saturated carbocycles. The van der Waals surface area contributed by atoms with Crippen LogP contribution in [-0.2, 0) is 9.47 Å². The van der Waals surface area contributed by atoms with Crippen molar-refractivity contribution < 1.29 is 9.47 Å². The summed E-state index contributed by atoms with van der Waals surface area (Å²) >= 11 is 0. The first kappa shape index (κ1) is 14.7. The van der Waals surface area contributed by atoms with Crippen LogP contribution in [0.1, 0.15) is 26.2 Å². The highest BCUT2D eigenvalue weighted by atomic mass is 16.7. The summed E-state index contributed by atoms with van der Waals surface area (Å²) in [5.41, 5.74) is 0. The first-order valence-electron chi connectivity index (χ1n) is 8.18. The van der Waals surface area contributed by atoms with Crippen molar-refractivity contribution >= 4 is 0 Å². The fourth-order valence-corrected chi connectivity index (χ4v) is 4.02. The molecule has 0 amide bonds. The number of likely N-dealkylation sites (N-methyl/N-ethyl adjacent to an activating group) is 2. The molecule has 3 rings (SSSR count). The first-order chi connectivity index (χ1) is 9.76. The highest BCUT2D eigenvalue weighted by Gasteiger charge is 2.46. The topological polar surface area (TPSA) is 37.0 Å². The van der Waals surface area contributed by atoms with Gasteiger partial charge in [-0.05, 0) is 20.0 Å². The maximum Gasteiger partial charge on any atom is 0.170 e. The molecule has 3 fully saturated rings. The van der Waals surface area contributed by atoms with Gasteiger partial charge in [0.15, 0.2) is 5.79 Å². The van der Waals surface area contributed by atoms with Crippen LogP contribution in [0.5, 0.6) is 0 Å². The summed E-state index contributed by atoms with van der Waals surface area (Å²) < 4.78 is 11.9. The lowest BCUT2D eigenvalue weighted by Gasteiger charge is -2.48. The molecule has 5 nitrogen and oxygen atoms in total. The molecule has 0 aromatic heterocycles. The van der Waals surface area contributed by atoms with Crippen LogP contribution in [0, 0.1) is 0 Å². The van der Waals surface area contributed by atoms with E-state index in [1.54, 1.807) is 0 Å². The van der Waals surface area contributed by atoms with Crippen molar-refractivity contribution in [2.75, 3.05) is 53.0 Å². The van der Waals surface area contributed by atoms with E-state index in [1.807, 2.05) is 0 Å². The quantitative estimate of drug-likeness (QED) is 0.817. The molecule has 2 aliphatic heterocycles. The smallest absolute Gasteiger partial charge is 0.170 e. The minimum Gasteiger partial charge on any atom is -0.347 e. The van der Waals surface area contributed by atoms with Gasteiger partial charge < -0.3 is 19.7 Å². The Bertz CT molecular complexity index is 312. The second kappa shape index (κ2) is 6.28. The Hall–Kier alpha value is -0.200. The molecule has 2 unspecified atom stereocenters. The monoisotopic (exact) mass is 283 g/mol. The van der Waals surface area contributed by atoms with Gasteiger partial charge in [-0.15, -0.1) is 0 Å². The van der Waals surface area contributed by atoms with E-state index in [9.17, 15) is 0 Å². The van der Waals surface area contributed by atoms with Crippen LogP contribution in [0.2, 0.25) is 0 Å². The second-order valence-electron chi connectivity index (χ2n) is 6.28. The Morgan fingerprint density at radius 1 is 1.15 bits per heavy atom. The number of hydrogen-bond acceptors (Lipinski definition) is 5. The lowest BCUT2D eigenvalue weighted by molar-refractivity contribution is -0.194. The van der Waals surface area contributed by atoms with Crippen LogP contribution in [0.15, 0.2) is 0 Å². The molecule has 3 aliphatic rings. The number of piperazine rings is 1. The fraction of sp³-hybridized carbons (Fsp3) is 1.00. The minimum absolute atomic E-state index is 0.278. The number of nitrogens with one attached hydrogen (secondary N) is 1. The zero-order valence-corrected chi connectivity index (χ0v) is 12.9. The van der Waals surface area contributed by atoms with Crippen molar-refractivity contribution in [3.63, 3.8) is 0 Å². The summed E-state index contributed by atoms with van der Waals surface area (Å²) in [5.74, 6) is -0.278. The fourth-order valence-electron chi connectivity index (χ4n) is 4.02. The van der Waals surface area contributed by atoms with Crippen LogP contribution in [0.25, 0.3) is 0 Å². The zero-order chi connectivity index (χ0) is 14.0. The molecule has 20 heavy (non-hydrogen) atoms. The van der Waals surface area contributed by atoms with Crippen molar-refractivity contribution in [2.45, 2.75) is 44.1 Å². The molecule has 2 atom stereocenters.